The number of hydrogen-bond donors (Lipinski definition) is 2. The standard InChI is InChI=1S/C13H15N3O/c1-9-2-7-16-13(14)12(9)11(17)8-10-3-5-15-6-4-10/h2-7,11,17H,8H2,1H3,(H2,14,16). The Hall–Kier alpha value is -1.94. The minimum absolute atomic E-state index is 0.395. The van der Waals surface area contributed by atoms with Crippen molar-refractivity contribution in [2.75, 3.05) is 5.73 Å². The summed E-state index contributed by atoms with van der Waals surface area (Å²) in [5.74, 6) is 0.395. The van der Waals surface area contributed by atoms with Crippen molar-refractivity contribution >= 4 is 5.82 Å². The molecule has 0 spiro atoms. The Kier molecular flexibility index (Phi) is 3.35. The first-order valence-corrected chi connectivity index (χ1v) is 5.46. The predicted octanol–water partition coefficient (Wildman–Crippen LogP) is 1.64. The van der Waals surface area contributed by atoms with Gasteiger partial charge in [0.05, 0.1) is 6.10 Å². The Morgan fingerprint density at radius 3 is 2.59 bits per heavy atom. The highest BCUT2D eigenvalue weighted by Crippen LogP contribution is 2.25. The van der Waals surface area contributed by atoms with Crippen molar-refractivity contribution in [1.29, 1.82) is 0 Å². The lowest BCUT2D eigenvalue weighted by molar-refractivity contribution is 0.178. The third-order valence-electron chi connectivity index (χ3n) is 2.75. The third-order valence-corrected chi connectivity index (χ3v) is 2.75. The summed E-state index contributed by atoms with van der Waals surface area (Å²) >= 11 is 0. The van der Waals surface area contributed by atoms with E-state index >= 15 is 0 Å². The number of aliphatic hydroxyl groups is 1. The van der Waals surface area contributed by atoms with Crippen LogP contribution in [-0.2, 0) is 6.42 Å². The number of nitrogens with two attached hydrogens (primary N) is 1. The molecule has 0 radical (unpaired) electrons. The predicted molar refractivity (Wildman–Crippen MR) is 66.3 cm³/mol. The second kappa shape index (κ2) is 4.93. The van der Waals surface area contributed by atoms with E-state index in [4.69, 9.17) is 5.73 Å². The number of nitrogens with zero attached hydrogens (tertiary/aromatic N) is 2. The van der Waals surface area contributed by atoms with E-state index in [1.165, 1.54) is 0 Å². The lowest BCUT2D eigenvalue weighted by Gasteiger charge is -2.15. The lowest BCUT2D eigenvalue weighted by Crippen LogP contribution is -2.08. The van der Waals surface area contributed by atoms with Gasteiger partial charge in [-0.15, -0.1) is 0 Å². The molecule has 0 aliphatic rings. The summed E-state index contributed by atoms with van der Waals surface area (Å²) in [5, 5.41) is 10.2. The average molecular weight is 229 g/mol. The molecule has 2 aromatic rings. The molecule has 2 aromatic heterocycles. The average Bonchev–Trinajstić information content (AvgIpc) is 2.30. The number of nitrogen functional groups attached to an aromatic ring is 1. The lowest BCUT2D eigenvalue weighted by atomic mass is 9.99. The van der Waals surface area contributed by atoms with E-state index in [0.29, 0.717) is 17.8 Å². The van der Waals surface area contributed by atoms with Crippen LogP contribution in [0.4, 0.5) is 5.82 Å². The molecule has 0 bridgehead atoms. The number of hydrogen-bond acceptors (Lipinski definition) is 4. The van der Waals surface area contributed by atoms with Crippen molar-refractivity contribution in [2.24, 2.45) is 0 Å². The Labute approximate surface area is 100 Å². The van der Waals surface area contributed by atoms with E-state index in [-0.39, 0.29) is 0 Å². The van der Waals surface area contributed by atoms with Gasteiger partial charge in [0.15, 0.2) is 0 Å². The first-order chi connectivity index (χ1) is 8.18. The molecule has 0 saturated heterocycles. The van der Waals surface area contributed by atoms with Crippen LogP contribution >= 0.6 is 0 Å². The van der Waals surface area contributed by atoms with Gasteiger partial charge < -0.3 is 10.8 Å². The SMILES string of the molecule is Cc1ccnc(N)c1C(O)Cc1ccncc1. The summed E-state index contributed by atoms with van der Waals surface area (Å²) in [5.41, 5.74) is 8.49. The second-order valence-corrected chi connectivity index (χ2v) is 4.00. The number of anilines is 1. The molecular formula is C13H15N3O. The van der Waals surface area contributed by atoms with Gasteiger partial charge in [-0.1, -0.05) is 0 Å². The van der Waals surface area contributed by atoms with Crippen LogP contribution in [0.1, 0.15) is 22.8 Å². The summed E-state index contributed by atoms with van der Waals surface area (Å²) in [6.07, 6.45) is 4.95. The van der Waals surface area contributed by atoms with Crippen LogP contribution in [-0.4, -0.2) is 15.1 Å². The van der Waals surface area contributed by atoms with Crippen molar-refractivity contribution in [1.82, 2.24) is 9.97 Å². The zero-order valence-corrected chi connectivity index (χ0v) is 9.67. The van der Waals surface area contributed by atoms with E-state index in [9.17, 15) is 5.11 Å². The van der Waals surface area contributed by atoms with Crippen LogP contribution in [0.3, 0.4) is 0 Å². The fraction of sp³-hybridized carbons (Fsp3) is 0.231. The minimum atomic E-state index is -0.633. The molecule has 0 saturated carbocycles. The Balaban J connectivity index is 2.23. The van der Waals surface area contributed by atoms with E-state index < -0.39 is 6.10 Å². The van der Waals surface area contributed by atoms with Crippen molar-refractivity contribution in [3.05, 3.63) is 53.5 Å². The number of rotatable bonds is 3. The van der Waals surface area contributed by atoms with Gasteiger partial charge in [-0.25, -0.2) is 4.98 Å². The molecular weight excluding hydrogens is 214 g/mol. The molecule has 2 rings (SSSR count). The Morgan fingerprint density at radius 2 is 1.94 bits per heavy atom. The molecule has 0 amide bonds. The first kappa shape index (κ1) is 11.5. The Morgan fingerprint density at radius 1 is 1.24 bits per heavy atom. The topological polar surface area (TPSA) is 72.0 Å². The highest BCUT2D eigenvalue weighted by atomic mass is 16.3. The molecule has 3 N–H and O–H groups in total. The molecule has 4 heteroatoms. The van der Waals surface area contributed by atoms with Crippen LogP contribution in [0, 0.1) is 6.92 Å². The summed E-state index contributed by atoms with van der Waals surface area (Å²) < 4.78 is 0. The Bertz CT molecular complexity index is 479. The van der Waals surface area contributed by atoms with Crippen LogP contribution < -0.4 is 5.73 Å². The van der Waals surface area contributed by atoms with Crippen molar-refractivity contribution < 1.29 is 5.11 Å². The molecule has 0 aliphatic heterocycles. The maximum atomic E-state index is 10.2. The van der Waals surface area contributed by atoms with Crippen LogP contribution in [0.5, 0.6) is 0 Å². The van der Waals surface area contributed by atoms with Gasteiger partial charge in [0, 0.05) is 30.6 Å². The fourth-order valence-corrected chi connectivity index (χ4v) is 1.87. The molecule has 4 nitrogen and oxygen atoms in total. The van der Waals surface area contributed by atoms with Gasteiger partial charge in [-0.2, -0.15) is 0 Å². The smallest absolute Gasteiger partial charge is 0.129 e. The second-order valence-electron chi connectivity index (χ2n) is 4.00. The van der Waals surface area contributed by atoms with E-state index in [1.807, 2.05) is 25.1 Å². The first-order valence-electron chi connectivity index (χ1n) is 5.46. The van der Waals surface area contributed by atoms with Gasteiger partial charge in [0.1, 0.15) is 5.82 Å². The maximum Gasteiger partial charge on any atom is 0.129 e. The van der Waals surface area contributed by atoms with Gasteiger partial charge in [0.25, 0.3) is 0 Å². The van der Waals surface area contributed by atoms with Crippen LogP contribution in [0.25, 0.3) is 0 Å². The molecule has 0 fully saturated rings. The maximum absolute atomic E-state index is 10.2. The highest BCUT2D eigenvalue weighted by molar-refractivity contribution is 5.45. The highest BCUT2D eigenvalue weighted by Gasteiger charge is 2.15. The van der Waals surface area contributed by atoms with Crippen molar-refractivity contribution in [2.45, 2.75) is 19.4 Å². The number of aryl methyl sites for hydroxylation is 1. The van der Waals surface area contributed by atoms with E-state index in [1.54, 1.807) is 18.6 Å². The van der Waals surface area contributed by atoms with Gasteiger partial charge >= 0.3 is 0 Å². The number of aromatic nitrogens is 2. The zero-order chi connectivity index (χ0) is 12.3. The zero-order valence-electron chi connectivity index (χ0n) is 9.67. The number of aliphatic hydroxyl groups excluding tert-OH is 1. The van der Waals surface area contributed by atoms with Crippen molar-refractivity contribution in [3.63, 3.8) is 0 Å². The molecule has 88 valence electrons. The molecule has 0 aromatic carbocycles. The molecule has 17 heavy (non-hydrogen) atoms. The summed E-state index contributed by atoms with van der Waals surface area (Å²) in [7, 11) is 0. The van der Waals surface area contributed by atoms with Gasteiger partial charge in [-0.3, -0.25) is 4.98 Å². The number of pyridine rings is 2. The quantitative estimate of drug-likeness (QED) is 0.839. The monoisotopic (exact) mass is 229 g/mol. The third kappa shape index (κ3) is 2.60. The largest absolute Gasteiger partial charge is 0.388 e. The summed E-state index contributed by atoms with van der Waals surface area (Å²) in [6, 6.07) is 5.61. The summed E-state index contributed by atoms with van der Waals surface area (Å²) in [4.78, 5) is 7.95. The summed E-state index contributed by atoms with van der Waals surface area (Å²) in [6.45, 7) is 1.92. The molecule has 1 atom stereocenters. The van der Waals surface area contributed by atoms with Gasteiger partial charge in [0.2, 0.25) is 0 Å². The normalized spacial score (nSPS) is 12.4. The molecule has 2 heterocycles. The van der Waals surface area contributed by atoms with E-state index in [2.05, 4.69) is 9.97 Å². The fourth-order valence-electron chi connectivity index (χ4n) is 1.87. The van der Waals surface area contributed by atoms with Gasteiger partial charge in [-0.05, 0) is 36.2 Å². The minimum Gasteiger partial charge on any atom is -0.388 e. The molecule has 0 aliphatic carbocycles. The van der Waals surface area contributed by atoms with Crippen molar-refractivity contribution in [3.8, 4) is 0 Å². The van der Waals surface area contributed by atoms with E-state index in [0.717, 1.165) is 11.1 Å². The van der Waals surface area contributed by atoms with Crippen LogP contribution in [0.15, 0.2) is 36.8 Å². The van der Waals surface area contributed by atoms with Crippen LogP contribution in [0.2, 0.25) is 0 Å². The molecule has 1 unspecified atom stereocenters.